The van der Waals surface area contributed by atoms with Crippen molar-refractivity contribution in [2.45, 2.75) is 40.7 Å². The number of benzene rings is 2. The summed E-state index contributed by atoms with van der Waals surface area (Å²) in [6, 6.07) is 12.7. The molecule has 21 heavy (non-hydrogen) atoms. The Morgan fingerprint density at radius 2 is 1.57 bits per heavy atom. The lowest BCUT2D eigenvalue weighted by atomic mass is 10.0. The molecule has 0 bridgehead atoms. The molecule has 0 heterocycles. The molecule has 0 radical (unpaired) electrons. The minimum atomic E-state index is 0.772. The van der Waals surface area contributed by atoms with E-state index in [9.17, 15) is 0 Å². The molecular weight excluding hydrogens is 258 g/mol. The molecule has 0 fully saturated rings. The minimum absolute atomic E-state index is 0.772. The van der Waals surface area contributed by atoms with Gasteiger partial charge in [-0.25, -0.2) is 0 Å². The van der Waals surface area contributed by atoms with Crippen LogP contribution in [0.2, 0.25) is 0 Å². The van der Waals surface area contributed by atoms with Gasteiger partial charge in [-0.05, 0) is 73.7 Å². The lowest BCUT2D eigenvalue weighted by Crippen LogP contribution is -2.02. The van der Waals surface area contributed by atoms with E-state index in [4.69, 9.17) is 4.74 Å². The van der Waals surface area contributed by atoms with Crippen molar-refractivity contribution in [3.05, 3.63) is 58.7 Å². The Hall–Kier alpha value is -1.96. The van der Waals surface area contributed by atoms with E-state index in [2.05, 4.69) is 57.3 Å². The van der Waals surface area contributed by atoms with Gasteiger partial charge in [0.2, 0.25) is 0 Å². The third-order valence-electron chi connectivity index (χ3n) is 3.76. The summed E-state index contributed by atoms with van der Waals surface area (Å²) >= 11 is 0. The standard InChI is InChI=1S/C19H25NO/c1-5-10-21-19-8-6-18(7-9-19)20-13-17-12-15(3)14(2)11-16(17)4/h6-9,11-12,20H,5,10,13H2,1-4H3. The van der Waals surface area contributed by atoms with Crippen molar-refractivity contribution in [3.63, 3.8) is 0 Å². The van der Waals surface area contributed by atoms with Crippen molar-refractivity contribution >= 4 is 5.69 Å². The van der Waals surface area contributed by atoms with Gasteiger partial charge in [-0.2, -0.15) is 0 Å². The van der Waals surface area contributed by atoms with Gasteiger partial charge in [0.15, 0.2) is 0 Å². The van der Waals surface area contributed by atoms with Crippen LogP contribution < -0.4 is 10.1 Å². The highest BCUT2D eigenvalue weighted by Gasteiger charge is 2.02. The topological polar surface area (TPSA) is 21.3 Å². The first-order valence-electron chi connectivity index (χ1n) is 7.63. The predicted octanol–water partition coefficient (Wildman–Crippen LogP) is 5.01. The molecule has 0 atom stereocenters. The molecule has 2 aromatic rings. The van der Waals surface area contributed by atoms with Gasteiger partial charge in [-0.15, -0.1) is 0 Å². The first kappa shape index (κ1) is 15.4. The van der Waals surface area contributed by atoms with Crippen LogP contribution in [-0.4, -0.2) is 6.61 Å². The molecule has 0 aliphatic heterocycles. The van der Waals surface area contributed by atoms with Gasteiger partial charge in [0.05, 0.1) is 6.61 Å². The highest BCUT2D eigenvalue weighted by atomic mass is 16.5. The van der Waals surface area contributed by atoms with Gasteiger partial charge in [0, 0.05) is 12.2 Å². The third-order valence-corrected chi connectivity index (χ3v) is 3.76. The molecule has 2 heteroatoms. The average Bonchev–Trinajstić information content (AvgIpc) is 2.48. The van der Waals surface area contributed by atoms with Crippen molar-refractivity contribution in [1.82, 2.24) is 0 Å². The Morgan fingerprint density at radius 3 is 2.24 bits per heavy atom. The Balaban J connectivity index is 1.98. The van der Waals surface area contributed by atoms with Crippen molar-refractivity contribution in [2.24, 2.45) is 0 Å². The molecule has 0 unspecified atom stereocenters. The van der Waals surface area contributed by atoms with Crippen LogP contribution in [0.1, 0.15) is 35.6 Å². The van der Waals surface area contributed by atoms with E-state index >= 15 is 0 Å². The number of ether oxygens (including phenoxy) is 1. The maximum atomic E-state index is 5.59. The van der Waals surface area contributed by atoms with Gasteiger partial charge in [0.1, 0.15) is 5.75 Å². The zero-order valence-electron chi connectivity index (χ0n) is 13.5. The van der Waals surface area contributed by atoms with Crippen LogP contribution >= 0.6 is 0 Å². The highest BCUT2D eigenvalue weighted by Crippen LogP contribution is 2.19. The molecule has 0 aromatic heterocycles. The average molecular weight is 283 g/mol. The number of hydrogen-bond acceptors (Lipinski definition) is 2. The van der Waals surface area contributed by atoms with Gasteiger partial charge >= 0.3 is 0 Å². The highest BCUT2D eigenvalue weighted by molar-refractivity contribution is 5.48. The van der Waals surface area contributed by atoms with Crippen molar-refractivity contribution in [3.8, 4) is 5.75 Å². The molecule has 112 valence electrons. The molecular formula is C19H25NO. The Kier molecular flexibility index (Phi) is 5.26. The van der Waals surface area contributed by atoms with E-state index in [1.165, 1.54) is 22.3 Å². The molecule has 0 amide bonds. The molecule has 0 aliphatic rings. The molecule has 0 spiro atoms. The lowest BCUT2D eigenvalue weighted by molar-refractivity contribution is 0.317. The van der Waals surface area contributed by atoms with Gasteiger partial charge in [-0.3, -0.25) is 0 Å². The van der Waals surface area contributed by atoms with Crippen LogP contribution in [-0.2, 0) is 6.54 Å². The minimum Gasteiger partial charge on any atom is -0.494 e. The fourth-order valence-corrected chi connectivity index (χ4v) is 2.30. The van der Waals surface area contributed by atoms with Crippen LogP contribution in [0.4, 0.5) is 5.69 Å². The lowest BCUT2D eigenvalue weighted by Gasteiger charge is -2.12. The summed E-state index contributed by atoms with van der Waals surface area (Å²) in [7, 11) is 0. The number of anilines is 1. The number of aryl methyl sites for hydroxylation is 3. The first-order chi connectivity index (χ1) is 10.1. The number of nitrogens with one attached hydrogen (secondary N) is 1. The molecule has 0 saturated carbocycles. The van der Waals surface area contributed by atoms with E-state index in [1.54, 1.807) is 0 Å². The second kappa shape index (κ2) is 7.16. The summed E-state index contributed by atoms with van der Waals surface area (Å²) in [5, 5.41) is 3.48. The Labute approximate surface area is 128 Å². The zero-order chi connectivity index (χ0) is 15.2. The summed E-state index contributed by atoms with van der Waals surface area (Å²) in [5.74, 6) is 0.935. The summed E-state index contributed by atoms with van der Waals surface area (Å²) in [6.07, 6.45) is 1.03. The fraction of sp³-hybridized carbons (Fsp3) is 0.368. The van der Waals surface area contributed by atoms with Crippen LogP contribution in [0.25, 0.3) is 0 Å². The summed E-state index contributed by atoms with van der Waals surface area (Å²) in [5.41, 5.74) is 6.52. The Morgan fingerprint density at radius 1 is 0.905 bits per heavy atom. The van der Waals surface area contributed by atoms with Crippen molar-refractivity contribution < 1.29 is 4.74 Å². The van der Waals surface area contributed by atoms with E-state index in [-0.39, 0.29) is 0 Å². The van der Waals surface area contributed by atoms with Gasteiger partial charge in [0.25, 0.3) is 0 Å². The van der Waals surface area contributed by atoms with E-state index in [1.807, 2.05) is 12.1 Å². The smallest absolute Gasteiger partial charge is 0.119 e. The van der Waals surface area contributed by atoms with Crippen molar-refractivity contribution in [1.29, 1.82) is 0 Å². The Bertz CT molecular complexity index is 587. The zero-order valence-corrected chi connectivity index (χ0v) is 13.5. The molecule has 2 nitrogen and oxygen atoms in total. The third kappa shape index (κ3) is 4.25. The molecule has 2 rings (SSSR count). The maximum Gasteiger partial charge on any atom is 0.119 e. The van der Waals surface area contributed by atoms with E-state index in [0.717, 1.165) is 31.0 Å². The number of hydrogen-bond donors (Lipinski definition) is 1. The van der Waals surface area contributed by atoms with E-state index < -0.39 is 0 Å². The van der Waals surface area contributed by atoms with Gasteiger partial charge in [-0.1, -0.05) is 19.1 Å². The molecule has 2 aromatic carbocycles. The first-order valence-corrected chi connectivity index (χ1v) is 7.63. The largest absolute Gasteiger partial charge is 0.494 e. The second-order valence-corrected chi connectivity index (χ2v) is 5.59. The van der Waals surface area contributed by atoms with Gasteiger partial charge < -0.3 is 10.1 Å². The molecule has 0 aliphatic carbocycles. The van der Waals surface area contributed by atoms with Crippen molar-refractivity contribution in [2.75, 3.05) is 11.9 Å². The quantitative estimate of drug-likeness (QED) is 0.804. The van der Waals surface area contributed by atoms with Crippen LogP contribution in [0, 0.1) is 20.8 Å². The second-order valence-electron chi connectivity index (χ2n) is 5.59. The summed E-state index contributed by atoms with van der Waals surface area (Å²) in [6.45, 7) is 10.2. The predicted molar refractivity (Wildman–Crippen MR) is 90.2 cm³/mol. The maximum absolute atomic E-state index is 5.59. The normalized spacial score (nSPS) is 10.5. The monoisotopic (exact) mass is 283 g/mol. The fourth-order valence-electron chi connectivity index (χ4n) is 2.30. The van der Waals surface area contributed by atoms with Crippen LogP contribution in [0.15, 0.2) is 36.4 Å². The summed E-state index contributed by atoms with van der Waals surface area (Å²) < 4.78 is 5.59. The van der Waals surface area contributed by atoms with Crippen LogP contribution in [0.3, 0.4) is 0 Å². The summed E-state index contributed by atoms with van der Waals surface area (Å²) in [4.78, 5) is 0. The molecule has 1 N–H and O–H groups in total. The number of rotatable bonds is 6. The SMILES string of the molecule is CCCOc1ccc(NCc2cc(C)c(C)cc2C)cc1. The van der Waals surface area contributed by atoms with E-state index in [0.29, 0.717) is 0 Å². The molecule has 0 saturated heterocycles. The van der Waals surface area contributed by atoms with Crippen LogP contribution in [0.5, 0.6) is 5.75 Å².